The molecule has 0 saturated heterocycles. The van der Waals surface area contributed by atoms with Crippen LogP contribution in [-0.4, -0.2) is 29.0 Å². The SMILES string of the molecule is CN(C)c1n[c-]nc(N)n1.[Rf]. The van der Waals surface area contributed by atoms with Gasteiger partial charge in [-0.2, -0.15) is 0 Å². The molecular formula is C5H8N5Rf-. The van der Waals surface area contributed by atoms with E-state index in [1.165, 1.54) is 0 Å². The minimum atomic E-state index is 0. The van der Waals surface area contributed by atoms with Gasteiger partial charge >= 0.3 is 0 Å². The molecule has 0 spiro atoms. The quantitative estimate of drug-likeness (QED) is 0.628. The van der Waals surface area contributed by atoms with Crippen molar-refractivity contribution in [2.75, 3.05) is 24.7 Å². The molecule has 0 aliphatic heterocycles. The van der Waals surface area contributed by atoms with Gasteiger partial charge in [-0.3, -0.25) is 0 Å². The number of rotatable bonds is 1. The van der Waals surface area contributed by atoms with Crippen molar-refractivity contribution >= 4 is 11.9 Å². The molecule has 0 amide bonds. The summed E-state index contributed by atoms with van der Waals surface area (Å²) < 4.78 is 0. The molecule has 0 fully saturated rings. The molecular weight excluding hydrogens is 397 g/mol. The molecule has 6 heteroatoms. The fourth-order valence-corrected chi connectivity index (χ4v) is 0.473. The molecule has 5 nitrogen and oxygen atoms in total. The van der Waals surface area contributed by atoms with Crippen LogP contribution in [0.2, 0.25) is 0 Å². The Morgan fingerprint density at radius 3 is 2.36 bits per heavy atom. The van der Waals surface area contributed by atoms with Gasteiger partial charge in [0.2, 0.25) is 0 Å². The van der Waals surface area contributed by atoms with Gasteiger partial charge in [-0.15, -0.1) is 0 Å². The van der Waals surface area contributed by atoms with Crippen molar-refractivity contribution in [1.82, 2.24) is 15.0 Å². The van der Waals surface area contributed by atoms with Gasteiger partial charge in [0.05, 0.1) is 0 Å². The zero-order chi connectivity index (χ0) is 7.56. The monoisotopic (exact) mass is 405 g/mol. The van der Waals surface area contributed by atoms with Crippen LogP contribution in [-0.2, 0) is 0 Å². The average molecular weight is 405 g/mol. The maximum Gasteiger partial charge on any atom is 0.112 e. The normalized spacial score (nSPS) is 8.55. The molecule has 0 radical (unpaired) electrons. The smallest absolute Gasteiger partial charge is 0.112 e. The molecule has 1 aromatic heterocycles. The zero-order valence-corrected chi connectivity index (χ0v) is 13.0. The van der Waals surface area contributed by atoms with E-state index < -0.39 is 0 Å². The topological polar surface area (TPSA) is 67.9 Å². The van der Waals surface area contributed by atoms with Gasteiger partial charge in [0, 0.05) is 6.33 Å². The molecule has 0 saturated carbocycles. The van der Waals surface area contributed by atoms with Crippen molar-refractivity contribution < 1.29 is 0 Å². The van der Waals surface area contributed by atoms with Gasteiger partial charge in [0.15, 0.2) is 0 Å². The minimum absolute atomic E-state index is 0. The van der Waals surface area contributed by atoms with Crippen molar-refractivity contribution in [3.8, 4) is 0 Å². The Hall–Kier alpha value is -2.39. The summed E-state index contributed by atoms with van der Waals surface area (Å²) in [4.78, 5) is 12.8. The van der Waals surface area contributed by atoms with Crippen molar-refractivity contribution in [2.45, 2.75) is 0 Å². The van der Waals surface area contributed by atoms with Crippen LogP contribution in [0.1, 0.15) is 0 Å². The molecule has 1 aromatic rings. The first kappa shape index (κ1) is 8.61. The molecule has 0 aliphatic rings. The first-order chi connectivity index (χ1) is 4.70. The predicted molar refractivity (Wildman–Crippen MR) is 37.4 cm³/mol. The number of hydrogen-bond acceptors (Lipinski definition) is 5. The van der Waals surface area contributed by atoms with E-state index in [1.54, 1.807) is 4.90 Å². The Balaban J connectivity index is 0.000001000. The van der Waals surface area contributed by atoms with E-state index in [-0.39, 0.29) is 5.95 Å². The summed E-state index contributed by atoms with van der Waals surface area (Å²) in [6, 6.07) is 0. The first-order valence-corrected chi connectivity index (χ1v) is 2.75. The summed E-state index contributed by atoms with van der Waals surface area (Å²) in [6.45, 7) is 0. The predicted octanol–water partition coefficient (Wildman–Crippen LogP) is -0.680. The van der Waals surface area contributed by atoms with Crippen LogP contribution in [0.15, 0.2) is 0 Å². The maximum atomic E-state index is 5.28. The maximum absolute atomic E-state index is 5.28. The van der Waals surface area contributed by atoms with Crippen LogP contribution >= 0.6 is 0 Å². The van der Waals surface area contributed by atoms with Crippen molar-refractivity contribution in [3.05, 3.63) is 6.33 Å². The molecule has 1 heterocycles. The molecule has 2 N–H and O–H groups in total. The molecule has 11 heavy (non-hydrogen) atoms. The summed E-state index contributed by atoms with van der Waals surface area (Å²) in [6.07, 6.45) is 2.38. The number of nitrogen functional groups attached to an aromatic ring is 1. The van der Waals surface area contributed by atoms with E-state index >= 15 is 0 Å². The third-order valence-corrected chi connectivity index (χ3v) is 0.929. The molecule has 0 aromatic carbocycles. The van der Waals surface area contributed by atoms with E-state index in [1.807, 2.05) is 14.1 Å². The molecule has 0 bridgehead atoms. The van der Waals surface area contributed by atoms with Crippen LogP contribution in [0.25, 0.3) is 0 Å². The Morgan fingerprint density at radius 2 is 2.00 bits per heavy atom. The van der Waals surface area contributed by atoms with Crippen LogP contribution in [0.3, 0.4) is 0 Å². The minimum Gasteiger partial charge on any atom is -0.420 e. The van der Waals surface area contributed by atoms with Gasteiger partial charge in [-0.1, -0.05) is 0 Å². The summed E-state index contributed by atoms with van der Waals surface area (Å²) in [5, 5.41) is 0. The summed E-state index contributed by atoms with van der Waals surface area (Å²) >= 11 is 0. The second kappa shape index (κ2) is 2.95. The van der Waals surface area contributed by atoms with Crippen LogP contribution in [0, 0.1) is 6.33 Å². The number of nitrogens with two attached hydrogens (primary N) is 1. The van der Waals surface area contributed by atoms with Crippen molar-refractivity contribution in [1.29, 1.82) is 0 Å². The molecule has 1 rings (SSSR count). The number of anilines is 2. The summed E-state index contributed by atoms with van der Waals surface area (Å²) in [5.41, 5.74) is 5.28. The second-order valence-corrected chi connectivity index (χ2v) is 1.99. The van der Waals surface area contributed by atoms with Gasteiger partial charge in [-0.25, -0.2) is 0 Å². The van der Waals surface area contributed by atoms with E-state index in [0.717, 1.165) is 0 Å². The van der Waals surface area contributed by atoms with Crippen molar-refractivity contribution in [3.63, 3.8) is 0 Å². The van der Waals surface area contributed by atoms with Gasteiger partial charge in [0.1, 0.15) is 11.9 Å². The third-order valence-electron chi connectivity index (χ3n) is 0.929. The van der Waals surface area contributed by atoms with Gasteiger partial charge in [-0.05, 0) is 14.1 Å². The number of hydrogen-bond donors (Lipinski definition) is 1. The zero-order valence-electron chi connectivity index (χ0n) is 6.57. The van der Waals surface area contributed by atoms with Crippen LogP contribution in [0.4, 0.5) is 11.9 Å². The number of aromatic nitrogens is 3. The first-order valence-electron chi connectivity index (χ1n) is 2.75. The van der Waals surface area contributed by atoms with Crippen LogP contribution in [0.5, 0.6) is 0 Å². The largest absolute Gasteiger partial charge is 0.420 e. The fraction of sp³-hybridized carbons (Fsp3) is 0.400. The van der Waals surface area contributed by atoms with Gasteiger partial charge in [0.25, 0.3) is 0 Å². The van der Waals surface area contributed by atoms with E-state index in [2.05, 4.69) is 21.3 Å². The summed E-state index contributed by atoms with van der Waals surface area (Å²) in [5.74, 6) is 0.714. The van der Waals surface area contributed by atoms with E-state index in [4.69, 9.17) is 5.73 Å². The van der Waals surface area contributed by atoms with Gasteiger partial charge < -0.3 is 25.6 Å². The summed E-state index contributed by atoms with van der Waals surface area (Å²) in [7, 11) is 3.64. The molecule has 0 aliphatic carbocycles. The Labute approximate surface area is 58.9 Å². The molecule has 0 atom stereocenters. The Bertz CT molecular complexity index is 226. The average Bonchev–Trinajstić information content (AvgIpc) is 1.88. The molecule has 0 unspecified atom stereocenters. The second-order valence-electron chi connectivity index (χ2n) is 1.99. The Morgan fingerprint density at radius 1 is 1.36 bits per heavy atom. The van der Waals surface area contributed by atoms with Crippen LogP contribution < -0.4 is 10.6 Å². The Kier molecular flexibility index (Phi) is 2.31. The van der Waals surface area contributed by atoms with Crippen molar-refractivity contribution in [2.24, 2.45) is 0 Å². The van der Waals surface area contributed by atoms with E-state index in [9.17, 15) is 0 Å². The fourth-order valence-electron chi connectivity index (χ4n) is 0.473. The third kappa shape index (κ3) is 1.78. The molecule has 56 valence electrons. The number of nitrogens with zero attached hydrogens (tertiary/aromatic N) is 4. The van der Waals surface area contributed by atoms with E-state index in [0.29, 0.717) is 5.95 Å². The standard InChI is InChI=1S/C5H8N5.Rf/c1-10(2)5-8-3-7-4(6)9-5;/h1-2H3,(H2,6,7,8,9);/q-1;.